The van der Waals surface area contributed by atoms with Crippen LogP contribution in [0.3, 0.4) is 0 Å². The van der Waals surface area contributed by atoms with Gasteiger partial charge in [-0.25, -0.2) is 4.79 Å². The second-order valence-corrected chi connectivity index (χ2v) is 3.62. The highest BCUT2D eigenvalue weighted by Crippen LogP contribution is 2.16. The molecule has 4 nitrogen and oxygen atoms in total. The van der Waals surface area contributed by atoms with Crippen molar-refractivity contribution < 1.29 is 14.7 Å². The van der Waals surface area contributed by atoms with Gasteiger partial charge in [-0.05, 0) is 18.2 Å². The summed E-state index contributed by atoms with van der Waals surface area (Å²) in [5, 5.41) is 11.5. The number of carboxylic acids is 1. The predicted octanol–water partition coefficient (Wildman–Crippen LogP) is 1.53. The van der Waals surface area contributed by atoms with E-state index in [0.29, 0.717) is 5.56 Å². The summed E-state index contributed by atoms with van der Waals surface area (Å²) in [6.07, 6.45) is 0. The normalized spacial score (nSPS) is 9.06. The minimum Gasteiger partial charge on any atom is -0.478 e. The van der Waals surface area contributed by atoms with Crippen LogP contribution >= 0.6 is 11.6 Å². The van der Waals surface area contributed by atoms with Gasteiger partial charge in [-0.15, -0.1) is 0 Å². The molecule has 0 unspecified atom stereocenters. The van der Waals surface area contributed by atoms with Crippen LogP contribution in [0.25, 0.3) is 0 Å². The number of benzene rings is 1. The first kappa shape index (κ1) is 13.1. The molecule has 0 aliphatic heterocycles. The highest BCUT2D eigenvalue weighted by Gasteiger charge is 2.05. The van der Waals surface area contributed by atoms with Crippen molar-refractivity contribution in [3.63, 3.8) is 0 Å². The Morgan fingerprint density at radius 1 is 1.47 bits per heavy atom. The number of amides is 1. The summed E-state index contributed by atoms with van der Waals surface area (Å²) >= 11 is 5.86. The van der Waals surface area contributed by atoms with Crippen molar-refractivity contribution in [1.29, 1.82) is 0 Å². The molecule has 2 N–H and O–H groups in total. The molecule has 0 fully saturated rings. The SMILES string of the molecule is CC(=O)NCC#Cc1ccc(C(=O)O)cc1Cl. The van der Waals surface area contributed by atoms with E-state index in [-0.39, 0.29) is 23.0 Å². The summed E-state index contributed by atoms with van der Waals surface area (Å²) in [4.78, 5) is 21.2. The Bertz CT molecular complexity index is 514. The molecular formula is C12H10ClNO3. The van der Waals surface area contributed by atoms with E-state index in [1.165, 1.54) is 25.1 Å². The van der Waals surface area contributed by atoms with Gasteiger partial charge in [-0.1, -0.05) is 23.4 Å². The van der Waals surface area contributed by atoms with E-state index >= 15 is 0 Å². The largest absolute Gasteiger partial charge is 0.478 e. The number of hydrogen-bond donors (Lipinski definition) is 2. The lowest BCUT2D eigenvalue weighted by Gasteiger charge is -1.98. The summed E-state index contributed by atoms with van der Waals surface area (Å²) in [7, 11) is 0. The highest BCUT2D eigenvalue weighted by molar-refractivity contribution is 6.32. The minimum atomic E-state index is -1.04. The number of carbonyl (C=O) groups excluding carboxylic acids is 1. The number of carboxylic acid groups (broad SMARTS) is 1. The molecule has 1 aromatic carbocycles. The Kier molecular flexibility index (Phi) is 4.56. The highest BCUT2D eigenvalue weighted by atomic mass is 35.5. The Balaban J connectivity index is 2.79. The molecule has 0 bridgehead atoms. The number of hydrogen-bond acceptors (Lipinski definition) is 2. The third-order valence-corrected chi connectivity index (χ3v) is 2.18. The molecule has 0 spiro atoms. The minimum absolute atomic E-state index is 0.113. The van der Waals surface area contributed by atoms with Gasteiger partial charge in [0.05, 0.1) is 17.1 Å². The summed E-state index contributed by atoms with van der Waals surface area (Å²) < 4.78 is 0. The maximum atomic E-state index is 10.7. The molecule has 0 aromatic heterocycles. The zero-order valence-corrected chi connectivity index (χ0v) is 9.84. The Labute approximate surface area is 104 Å². The molecule has 0 atom stereocenters. The monoisotopic (exact) mass is 251 g/mol. The third-order valence-electron chi connectivity index (χ3n) is 1.86. The second kappa shape index (κ2) is 5.92. The quantitative estimate of drug-likeness (QED) is 0.784. The van der Waals surface area contributed by atoms with Crippen LogP contribution in [0, 0.1) is 11.8 Å². The van der Waals surface area contributed by atoms with Crippen molar-refractivity contribution in [3.8, 4) is 11.8 Å². The van der Waals surface area contributed by atoms with Gasteiger partial charge in [-0.2, -0.15) is 0 Å². The number of carbonyl (C=O) groups is 2. The van der Waals surface area contributed by atoms with Crippen LogP contribution in [-0.2, 0) is 4.79 Å². The molecule has 0 saturated carbocycles. The van der Waals surface area contributed by atoms with E-state index in [1.807, 2.05) is 0 Å². The van der Waals surface area contributed by atoms with Crippen LogP contribution in [0.2, 0.25) is 5.02 Å². The van der Waals surface area contributed by atoms with Crippen molar-refractivity contribution in [2.24, 2.45) is 0 Å². The Hall–Kier alpha value is -1.99. The molecule has 88 valence electrons. The van der Waals surface area contributed by atoms with Crippen molar-refractivity contribution in [1.82, 2.24) is 5.32 Å². The molecule has 0 saturated heterocycles. The summed E-state index contributed by atoms with van der Waals surface area (Å²) in [6.45, 7) is 1.63. The maximum absolute atomic E-state index is 10.7. The Morgan fingerprint density at radius 2 is 2.18 bits per heavy atom. The van der Waals surface area contributed by atoms with Gasteiger partial charge in [0.2, 0.25) is 5.91 Å². The summed E-state index contributed by atoms with van der Waals surface area (Å²) in [5.74, 6) is 4.26. The van der Waals surface area contributed by atoms with Gasteiger partial charge < -0.3 is 10.4 Å². The lowest BCUT2D eigenvalue weighted by atomic mass is 10.1. The van der Waals surface area contributed by atoms with Gasteiger partial charge in [0.15, 0.2) is 0 Å². The van der Waals surface area contributed by atoms with E-state index in [1.54, 1.807) is 0 Å². The zero-order valence-electron chi connectivity index (χ0n) is 9.08. The van der Waals surface area contributed by atoms with Crippen LogP contribution in [0.15, 0.2) is 18.2 Å². The number of rotatable bonds is 2. The molecule has 0 radical (unpaired) electrons. The summed E-state index contributed by atoms with van der Waals surface area (Å²) in [5.41, 5.74) is 0.643. The molecule has 5 heteroatoms. The molecule has 0 heterocycles. The second-order valence-electron chi connectivity index (χ2n) is 3.21. The molecular weight excluding hydrogens is 242 g/mol. The fourth-order valence-corrected chi connectivity index (χ4v) is 1.29. The topological polar surface area (TPSA) is 66.4 Å². The van der Waals surface area contributed by atoms with Crippen LogP contribution < -0.4 is 5.32 Å². The van der Waals surface area contributed by atoms with Gasteiger partial charge in [0, 0.05) is 12.5 Å². The van der Waals surface area contributed by atoms with Crippen molar-refractivity contribution in [2.45, 2.75) is 6.92 Å². The van der Waals surface area contributed by atoms with Gasteiger partial charge >= 0.3 is 5.97 Å². The average Bonchev–Trinajstić information content (AvgIpc) is 2.25. The van der Waals surface area contributed by atoms with Gasteiger partial charge in [-0.3, -0.25) is 4.79 Å². The molecule has 1 aromatic rings. The average molecular weight is 252 g/mol. The number of aromatic carboxylic acids is 1. The third kappa shape index (κ3) is 4.17. The lowest BCUT2D eigenvalue weighted by Crippen LogP contribution is -2.19. The molecule has 0 aliphatic carbocycles. The molecule has 0 aliphatic rings. The van der Waals surface area contributed by atoms with Crippen molar-refractivity contribution >= 4 is 23.5 Å². The van der Waals surface area contributed by atoms with Crippen molar-refractivity contribution in [3.05, 3.63) is 34.3 Å². The maximum Gasteiger partial charge on any atom is 0.335 e. The van der Waals surface area contributed by atoms with Crippen LogP contribution in [0.1, 0.15) is 22.8 Å². The summed E-state index contributed by atoms with van der Waals surface area (Å²) in [6, 6.07) is 4.30. The number of halogens is 1. The van der Waals surface area contributed by atoms with Crippen LogP contribution in [-0.4, -0.2) is 23.5 Å². The first-order chi connectivity index (χ1) is 8.00. The smallest absolute Gasteiger partial charge is 0.335 e. The van der Waals surface area contributed by atoms with E-state index in [0.717, 1.165) is 0 Å². The fourth-order valence-electron chi connectivity index (χ4n) is 1.06. The zero-order chi connectivity index (χ0) is 12.8. The number of nitrogens with one attached hydrogen (secondary N) is 1. The van der Waals surface area contributed by atoms with Crippen molar-refractivity contribution in [2.75, 3.05) is 6.54 Å². The van der Waals surface area contributed by atoms with E-state index < -0.39 is 5.97 Å². The van der Waals surface area contributed by atoms with E-state index in [9.17, 15) is 9.59 Å². The standard InChI is InChI=1S/C12H10ClNO3/c1-8(15)14-6-2-3-9-4-5-10(12(16)17)7-11(9)13/h4-5,7H,6H2,1H3,(H,14,15)(H,16,17). The molecule has 1 rings (SSSR count). The molecule has 17 heavy (non-hydrogen) atoms. The first-order valence-electron chi connectivity index (χ1n) is 4.77. The van der Waals surface area contributed by atoms with Gasteiger partial charge in [0.25, 0.3) is 0 Å². The fraction of sp³-hybridized carbons (Fsp3) is 0.167. The van der Waals surface area contributed by atoms with Crippen LogP contribution in [0.4, 0.5) is 0 Å². The first-order valence-corrected chi connectivity index (χ1v) is 5.14. The van der Waals surface area contributed by atoms with Gasteiger partial charge in [0.1, 0.15) is 0 Å². The predicted molar refractivity (Wildman–Crippen MR) is 64.0 cm³/mol. The van der Waals surface area contributed by atoms with E-state index in [2.05, 4.69) is 17.2 Å². The molecule has 1 amide bonds. The lowest BCUT2D eigenvalue weighted by molar-refractivity contribution is -0.118. The Morgan fingerprint density at radius 3 is 2.71 bits per heavy atom. The van der Waals surface area contributed by atoms with E-state index in [4.69, 9.17) is 16.7 Å². The van der Waals surface area contributed by atoms with Crippen LogP contribution in [0.5, 0.6) is 0 Å².